The number of carbonyl (C=O) groups excluding carboxylic acids is 2. The number of hydrogen-bond acceptors (Lipinski definition) is 2. The van der Waals surface area contributed by atoms with E-state index in [0.717, 1.165) is 22.5 Å². The molecule has 3 aromatic carbocycles. The predicted octanol–water partition coefficient (Wildman–Crippen LogP) is 5.62. The van der Waals surface area contributed by atoms with E-state index >= 15 is 0 Å². The third-order valence-corrected chi connectivity index (χ3v) is 5.70. The van der Waals surface area contributed by atoms with Crippen molar-refractivity contribution in [2.75, 3.05) is 9.80 Å². The lowest BCUT2D eigenvalue weighted by molar-refractivity contribution is -0.117. The van der Waals surface area contributed by atoms with E-state index in [1.807, 2.05) is 108 Å². The van der Waals surface area contributed by atoms with Gasteiger partial charge in [0.2, 0.25) is 5.91 Å². The van der Waals surface area contributed by atoms with Crippen LogP contribution in [0.2, 0.25) is 0 Å². The standard InChI is InChI=1S/C27H26N2O2/c1-20-19-26(24-15-9-10-16-25(24)28(20)21(2)30)29(23-13-7-4-8-14-23)27(31)18-17-22-11-5-3-6-12-22/h3-18,20,26H,19H2,1-2H3. The molecule has 0 aliphatic carbocycles. The van der Waals surface area contributed by atoms with E-state index in [4.69, 9.17) is 0 Å². The number of amides is 2. The molecule has 3 aromatic rings. The number of rotatable bonds is 4. The zero-order valence-electron chi connectivity index (χ0n) is 17.8. The number of benzene rings is 3. The molecule has 0 fully saturated rings. The first-order chi connectivity index (χ1) is 15.1. The highest BCUT2D eigenvalue weighted by Gasteiger charge is 2.37. The van der Waals surface area contributed by atoms with Crippen molar-refractivity contribution in [1.29, 1.82) is 0 Å². The molecule has 4 rings (SSSR count). The Bertz CT molecular complexity index is 1090. The van der Waals surface area contributed by atoms with Crippen molar-refractivity contribution >= 4 is 29.3 Å². The molecule has 4 heteroatoms. The molecule has 0 saturated carbocycles. The number of hydrogen-bond donors (Lipinski definition) is 0. The Morgan fingerprint density at radius 1 is 0.903 bits per heavy atom. The van der Waals surface area contributed by atoms with Crippen LogP contribution in [0.15, 0.2) is 91.0 Å². The van der Waals surface area contributed by atoms with Crippen LogP contribution < -0.4 is 9.80 Å². The summed E-state index contributed by atoms with van der Waals surface area (Å²) in [7, 11) is 0. The lowest BCUT2D eigenvalue weighted by atomic mass is 9.90. The Hall–Kier alpha value is -3.66. The van der Waals surface area contributed by atoms with E-state index in [-0.39, 0.29) is 23.9 Å². The minimum Gasteiger partial charge on any atom is -0.309 e. The van der Waals surface area contributed by atoms with Crippen LogP contribution in [-0.2, 0) is 9.59 Å². The number of para-hydroxylation sites is 2. The Kier molecular flexibility index (Phi) is 5.99. The van der Waals surface area contributed by atoms with Gasteiger partial charge in [0.15, 0.2) is 0 Å². The van der Waals surface area contributed by atoms with E-state index < -0.39 is 0 Å². The first-order valence-corrected chi connectivity index (χ1v) is 10.6. The van der Waals surface area contributed by atoms with Gasteiger partial charge in [0.25, 0.3) is 5.91 Å². The summed E-state index contributed by atoms with van der Waals surface area (Å²) in [6.45, 7) is 3.63. The van der Waals surface area contributed by atoms with E-state index in [0.29, 0.717) is 6.42 Å². The monoisotopic (exact) mass is 410 g/mol. The Balaban J connectivity index is 1.77. The van der Waals surface area contributed by atoms with Gasteiger partial charge in [0.05, 0.1) is 6.04 Å². The molecule has 0 aromatic heterocycles. The zero-order valence-corrected chi connectivity index (χ0v) is 17.8. The quantitative estimate of drug-likeness (QED) is 0.524. The number of carbonyl (C=O) groups is 2. The molecular formula is C27H26N2O2. The maximum atomic E-state index is 13.5. The Morgan fingerprint density at radius 3 is 2.19 bits per heavy atom. The lowest BCUT2D eigenvalue weighted by Gasteiger charge is -2.43. The second kappa shape index (κ2) is 9.00. The van der Waals surface area contributed by atoms with E-state index in [9.17, 15) is 9.59 Å². The minimum atomic E-state index is -0.169. The van der Waals surface area contributed by atoms with E-state index in [1.54, 1.807) is 13.0 Å². The molecular weight excluding hydrogens is 384 g/mol. The predicted molar refractivity (Wildman–Crippen MR) is 126 cm³/mol. The number of fused-ring (bicyclic) bond motifs is 1. The molecule has 31 heavy (non-hydrogen) atoms. The fourth-order valence-electron chi connectivity index (χ4n) is 4.37. The van der Waals surface area contributed by atoms with Crippen LogP contribution in [0.4, 0.5) is 11.4 Å². The van der Waals surface area contributed by atoms with Crippen LogP contribution in [0.3, 0.4) is 0 Å². The smallest absolute Gasteiger partial charge is 0.251 e. The van der Waals surface area contributed by atoms with Crippen LogP contribution in [0.25, 0.3) is 6.08 Å². The van der Waals surface area contributed by atoms with E-state index in [1.165, 1.54) is 0 Å². The second-order valence-electron chi connectivity index (χ2n) is 7.84. The van der Waals surface area contributed by atoms with Crippen molar-refractivity contribution in [3.8, 4) is 0 Å². The maximum absolute atomic E-state index is 13.5. The molecule has 0 radical (unpaired) electrons. The van der Waals surface area contributed by atoms with Gasteiger partial charge in [-0.3, -0.25) is 9.59 Å². The molecule has 0 spiro atoms. The van der Waals surface area contributed by atoms with Gasteiger partial charge in [-0.15, -0.1) is 0 Å². The van der Waals surface area contributed by atoms with Crippen LogP contribution >= 0.6 is 0 Å². The van der Waals surface area contributed by atoms with E-state index in [2.05, 4.69) is 0 Å². The summed E-state index contributed by atoms with van der Waals surface area (Å²) in [5.41, 5.74) is 3.68. The molecule has 2 unspecified atom stereocenters. The molecule has 2 amide bonds. The van der Waals surface area contributed by atoms with Crippen molar-refractivity contribution in [2.24, 2.45) is 0 Å². The van der Waals surface area contributed by atoms with Crippen molar-refractivity contribution in [1.82, 2.24) is 0 Å². The lowest BCUT2D eigenvalue weighted by Crippen LogP contribution is -2.46. The second-order valence-corrected chi connectivity index (χ2v) is 7.84. The highest BCUT2D eigenvalue weighted by molar-refractivity contribution is 6.05. The molecule has 0 N–H and O–H groups in total. The molecule has 1 heterocycles. The van der Waals surface area contributed by atoms with Gasteiger partial charge in [-0.05, 0) is 48.7 Å². The highest BCUT2D eigenvalue weighted by atomic mass is 16.2. The average Bonchev–Trinajstić information content (AvgIpc) is 2.79. The third-order valence-electron chi connectivity index (χ3n) is 5.70. The van der Waals surface area contributed by atoms with Gasteiger partial charge < -0.3 is 9.80 Å². The molecule has 2 atom stereocenters. The van der Waals surface area contributed by atoms with Crippen molar-refractivity contribution in [2.45, 2.75) is 32.4 Å². The maximum Gasteiger partial charge on any atom is 0.251 e. The van der Waals surface area contributed by atoms with Gasteiger partial charge in [-0.2, -0.15) is 0 Å². The van der Waals surface area contributed by atoms with Crippen molar-refractivity contribution < 1.29 is 9.59 Å². The van der Waals surface area contributed by atoms with Crippen molar-refractivity contribution in [3.63, 3.8) is 0 Å². The fourth-order valence-corrected chi connectivity index (χ4v) is 4.37. The summed E-state index contributed by atoms with van der Waals surface area (Å²) in [5, 5.41) is 0. The largest absolute Gasteiger partial charge is 0.309 e. The van der Waals surface area contributed by atoms with Gasteiger partial charge in [0, 0.05) is 30.4 Å². The summed E-state index contributed by atoms with van der Waals surface area (Å²) < 4.78 is 0. The first kappa shape index (κ1) is 20.6. The zero-order chi connectivity index (χ0) is 21.8. The van der Waals surface area contributed by atoms with Crippen molar-refractivity contribution in [3.05, 3.63) is 102 Å². The first-order valence-electron chi connectivity index (χ1n) is 10.6. The Morgan fingerprint density at radius 2 is 1.52 bits per heavy atom. The molecule has 1 aliphatic heterocycles. The summed E-state index contributed by atoms with van der Waals surface area (Å²) in [5.74, 6) is -0.0710. The molecule has 0 saturated heterocycles. The summed E-state index contributed by atoms with van der Waals surface area (Å²) in [6.07, 6.45) is 4.14. The van der Waals surface area contributed by atoms with Crippen LogP contribution in [0.1, 0.15) is 37.4 Å². The number of anilines is 2. The normalized spacial score (nSPS) is 17.9. The molecule has 156 valence electrons. The van der Waals surface area contributed by atoms with Gasteiger partial charge in [-0.1, -0.05) is 66.7 Å². The minimum absolute atomic E-state index is 0.0139. The summed E-state index contributed by atoms with van der Waals surface area (Å²) >= 11 is 0. The van der Waals surface area contributed by atoms with Gasteiger partial charge in [0.1, 0.15) is 0 Å². The summed E-state index contributed by atoms with van der Waals surface area (Å²) in [6, 6.07) is 27.2. The van der Waals surface area contributed by atoms with Crippen LogP contribution in [0, 0.1) is 0 Å². The molecule has 4 nitrogen and oxygen atoms in total. The average molecular weight is 411 g/mol. The number of nitrogens with zero attached hydrogens (tertiary/aromatic N) is 2. The SMILES string of the molecule is CC(=O)N1c2ccccc2C(N(C(=O)C=Cc2ccccc2)c2ccccc2)CC1C. The van der Waals surface area contributed by atoms with Crippen LogP contribution in [0.5, 0.6) is 0 Å². The highest BCUT2D eigenvalue weighted by Crippen LogP contribution is 2.42. The van der Waals surface area contributed by atoms with Crippen LogP contribution in [-0.4, -0.2) is 17.9 Å². The molecule has 0 bridgehead atoms. The summed E-state index contributed by atoms with van der Waals surface area (Å²) in [4.78, 5) is 29.5. The topological polar surface area (TPSA) is 40.6 Å². The third kappa shape index (κ3) is 4.29. The Labute approximate surface area is 183 Å². The fraction of sp³-hybridized carbons (Fsp3) is 0.185. The van der Waals surface area contributed by atoms with Gasteiger partial charge in [-0.25, -0.2) is 0 Å². The molecule has 1 aliphatic rings. The van der Waals surface area contributed by atoms with Gasteiger partial charge >= 0.3 is 0 Å².